The molecule has 1 saturated carbocycles. The van der Waals surface area contributed by atoms with Crippen LogP contribution in [0.4, 0.5) is 10.5 Å². The van der Waals surface area contributed by atoms with Gasteiger partial charge < -0.3 is 10.6 Å². The van der Waals surface area contributed by atoms with E-state index in [1.807, 2.05) is 6.92 Å². The van der Waals surface area contributed by atoms with E-state index in [1.54, 1.807) is 6.07 Å². The van der Waals surface area contributed by atoms with Crippen molar-refractivity contribution in [3.8, 4) is 0 Å². The van der Waals surface area contributed by atoms with Gasteiger partial charge in [-0.25, -0.2) is 13.2 Å². The fourth-order valence-electron chi connectivity index (χ4n) is 3.79. The van der Waals surface area contributed by atoms with Crippen LogP contribution in [0.15, 0.2) is 29.2 Å². The van der Waals surface area contributed by atoms with Crippen molar-refractivity contribution in [3.63, 3.8) is 0 Å². The van der Waals surface area contributed by atoms with Crippen LogP contribution < -0.4 is 10.6 Å². The summed E-state index contributed by atoms with van der Waals surface area (Å²) in [5.74, 6) is -0.911. The first-order valence-electron chi connectivity index (χ1n) is 8.87. The molecule has 0 radical (unpaired) electrons. The van der Waals surface area contributed by atoms with E-state index < -0.39 is 33.9 Å². The van der Waals surface area contributed by atoms with Crippen molar-refractivity contribution in [1.82, 2.24) is 10.2 Å². The number of nitrogens with zero attached hydrogens (tertiary/aromatic N) is 1. The SMILES string of the molecule is CC1CCCCC12NC(=O)N(CC(=O)Nc1cccc(S(C)(=O)=O)c1)C2=O. The second kappa shape index (κ2) is 6.95. The molecule has 1 aromatic rings. The Balaban J connectivity index is 1.71. The number of benzene rings is 1. The number of imide groups is 1. The number of hydrogen-bond acceptors (Lipinski definition) is 5. The van der Waals surface area contributed by atoms with Crippen molar-refractivity contribution in [2.75, 3.05) is 18.1 Å². The normalized spacial score (nSPS) is 25.6. The van der Waals surface area contributed by atoms with Gasteiger partial charge in [0.1, 0.15) is 12.1 Å². The molecule has 8 nitrogen and oxygen atoms in total. The van der Waals surface area contributed by atoms with Crippen LogP contribution in [0.5, 0.6) is 0 Å². The van der Waals surface area contributed by atoms with Crippen LogP contribution in [0.1, 0.15) is 32.6 Å². The van der Waals surface area contributed by atoms with Gasteiger partial charge in [0.2, 0.25) is 5.91 Å². The van der Waals surface area contributed by atoms with Crippen LogP contribution in [0, 0.1) is 5.92 Å². The molecule has 3 rings (SSSR count). The highest BCUT2D eigenvalue weighted by molar-refractivity contribution is 7.90. The van der Waals surface area contributed by atoms with Gasteiger partial charge in [0.25, 0.3) is 5.91 Å². The summed E-state index contributed by atoms with van der Waals surface area (Å²) >= 11 is 0. The van der Waals surface area contributed by atoms with Crippen molar-refractivity contribution in [3.05, 3.63) is 24.3 Å². The Kier molecular flexibility index (Phi) is 4.98. The number of urea groups is 1. The number of hydrogen-bond donors (Lipinski definition) is 2. The number of sulfone groups is 1. The average molecular weight is 393 g/mol. The molecule has 2 atom stereocenters. The summed E-state index contributed by atoms with van der Waals surface area (Å²) in [6.07, 6.45) is 4.38. The molecule has 2 unspecified atom stereocenters. The summed E-state index contributed by atoms with van der Waals surface area (Å²) in [5.41, 5.74) is -0.623. The maximum Gasteiger partial charge on any atom is 0.325 e. The largest absolute Gasteiger partial charge is 0.325 e. The van der Waals surface area contributed by atoms with Crippen molar-refractivity contribution < 1.29 is 22.8 Å². The number of nitrogens with one attached hydrogen (secondary N) is 2. The van der Waals surface area contributed by atoms with Crippen LogP contribution in [0.2, 0.25) is 0 Å². The molecule has 1 heterocycles. The molecule has 0 bridgehead atoms. The van der Waals surface area contributed by atoms with Gasteiger partial charge in [-0.15, -0.1) is 0 Å². The van der Waals surface area contributed by atoms with E-state index in [1.165, 1.54) is 18.2 Å². The van der Waals surface area contributed by atoms with Gasteiger partial charge in [-0.2, -0.15) is 0 Å². The fraction of sp³-hybridized carbons (Fsp3) is 0.500. The Hall–Kier alpha value is -2.42. The Bertz CT molecular complexity index is 898. The van der Waals surface area contributed by atoms with Crippen LogP contribution in [0.3, 0.4) is 0 Å². The lowest BCUT2D eigenvalue weighted by atomic mass is 9.73. The molecule has 1 aliphatic carbocycles. The first-order chi connectivity index (χ1) is 12.6. The fourth-order valence-corrected chi connectivity index (χ4v) is 4.45. The third-order valence-corrected chi connectivity index (χ3v) is 6.46. The maximum absolute atomic E-state index is 12.9. The number of carbonyl (C=O) groups is 3. The van der Waals surface area contributed by atoms with Gasteiger partial charge in [0.05, 0.1) is 4.90 Å². The van der Waals surface area contributed by atoms with Crippen molar-refractivity contribution in [1.29, 1.82) is 0 Å². The highest BCUT2D eigenvalue weighted by Gasteiger charge is 2.55. The zero-order valence-electron chi connectivity index (χ0n) is 15.3. The average Bonchev–Trinajstić information content (AvgIpc) is 2.82. The van der Waals surface area contributed by atoms with E-state index in [4.69, 9.17) is 0 Å². The van der Waals surface area contributed by atoms with E-state index in [9.17, 15) is 22.8 Å². The van der Waals surface area contributed by atoms with Crippen molar-refractivity contribution in [2.45, 2.75) is 43.0 Å². The highest BCUT2D eigenvalue weighted by atomic mass is 32.2. The molecule has 2 fully saturated rings. The lowest BCUT2D eigenvalue weighted by molar-refractivity contribution is -0.136. The first kappa shape index (κ1) is 19.3. The Morgan fingerprint density at radius 3 is 2.74 bits per heavy atom. The predicted molar refractivity (Wildman–Crippen MR) is 98.8 cm³/mol. The molecule has 9 heteroatoms. The molecular weight excluding hydrogens is 370 g/mol. The molecule has 146 valence electrons. The molecule has 0 aromatic heterocycles. The summed E-state index contributed by atoms with van der Waals surface area (Å²) in [7, 11) is -3.41. The Morgan fingerprint density at radius 2 is 2.07 bits per heavy atom. The minimum Gasteiger partial charge on any atom is -0.324 e. The van der Waals surface area contributed by atoms with Gasteiger partial charge in [-0.1, -0.05) is 25.8 Å². The molecule has 1 aromatic carbocycles. The number of amides is 4. The van der Waals surface area contributed by atoms with Crippen molar-refractivity contribution in [2.24, 2.45) is 5.92 Å². The van der Waals surface area contributed by atoms with Crippen LogP contribution in [-0.2, 0) is 19.4 Å². The maximum atomic E-state index is 12.9. The molecule has 27 heavy (non-hydrogen) atoms. The Morgan fingerprint density at radius 1 is 1.33 bits per heavy atom. The van der Waals surface area contributed by atoms with E-state index >= 15 is 0 Å². The molecular formula is C18H23N3O5S. The number of carbonyl (C=O) groups excluding carboxylic acids is 3. The lowest BCUT2D eigenvalue weighted by Gasteiger charge is -2.36. The van der Waals surface area contributed by atoms with Gasteiger partial charge in [0, 0.05) is 11.9 Å². The minimum absolute atomic E-state index is 0.0159. The highest BCUT2D eigenvalue weighted by Crippen LogP contribution is 2.38. The summed E-state index contributed by atoms with van der Waals surface area (Å²) in [6, 6.07) is 5.26. The molecule has 1 spiro atoms. The number of rotatable bonds is 4. The monoisotopic (exact) mass is 393 g/mol. The topological polar surface area (TPSA) is 113 Å². The zero-order valence-corrected chi connectivity index (χ0v) is 16.1. The third kappa shape index (κ3) is 3.69. The molecule has 2 aliphatic rings. The summed E-state index contributed by atoms with van der Waals surface area (Å²) < 4.78 is 23.2. The quantitative estimate of drug-likeness (QED) is 0.753. The van der Waals surface area contributed by atoms with E-state index in [-0.39, 0.29) is 22.4 Å². The second-order valence-electron chi connectivity index (χ2n) is 7.29. The minimum atomic E-state index is -3.41. The van der Waals surface area contributed by atoms with Crippen molar-refractivity contribution >= 4 is 33.4 Å². The Labute approximate surface area is 158 Å². The summed E-state index contributed by atoms with van der Waals surface area (Å²) in [4.78, 5) is 38.5. The summed E-state index contributed by atoms with van der Waals surface area (Å²) in [6.45, 7) is 1.53. The molecule has 2 N–H and O–H groups in total. The van der Waals surface area contributed by atoms with E-state index in [0.717, 1.165) is 30.4 Å². The lowest BCUT2D eigenvalue weighted by Crippen LogP contribution is -2.54. The predicted octanol–water partition coefficient (Wildman–Crippen LogP) is 1.53. The van der Waals surface area contributed by atoms with E-state index in [0.29, 0.717) is 6.42 Å². The summed E-state index contributed by atoms with van der Waals surface area (Å²) in [5, 5.41) is 5.34. The van der Waals surface area contributed by atoms with Crippen LogP contribution >= 0.6 is 0 Å². The van der Waals surface area contributed by atoms with Gasteiger partial charge in [0.15, 0.2) is 9.84 Å². The van der Waals surface area contributed by atoms with Gasteiger partial charge in [-0.05, 0) is 37.0 Å². The number of anilines is 1. The smallest absolute Gasteiger partial charge is 0.324 e. The first-order valence-corrected chi connectivity index (χ1v) is 10.8. The molecule has 1 saturated heterocycles. The second-order valence-corrected chi connectivity index (χ2v) is 9.30. The van der Waals surface area contributed by atoms with Crippen LogP contribution in [0.25, 0.3) is 0 Å². The molecule has 1 aliphatic heterocycles. The standard InChI is InChI=1S/C18H23N3O5S/c1-12-6-3-4-9-18(12)16(23)21(17(24)20-18)11-15(22)19-13-7-5-8-14(10-13)27(2,25)26/h5,7-8,10,12H,3-4,6,9,11H2,1-2H3,(H,19,22)(H,20,24). The third-order valence-electron chi connectivity index (χ3n) is 5.35. The molecule has 4 amide bonds. The van der Waals surface area contributed by atoms with Gasteiger partial charge >= 0.3 is 6.03 Å². The van der Waals surface area contributed by atoms with E-state index in [2.05, 4.69) is 10.6 Å². The zero-order chi connectivity index (χ0) is 19.8. The van der Waals surface area contributed by atoms with Crippen LogP contribution in [-0.4, -0.2) is 49.5 Å². The van der Waals surface area contributed by atoms with Gasteiger partial charge in [-0.3, -0.25) is 14.5 Å².